The van der Waals surface area contributed by atoms with Gasteiger partial charge in [0.25, 0.3) is 0 Å². The van der Waals surface area contributed by atoms with Crippen molar-refractivity contribution >= 4 is 11.9 Å². The van der Waals surface area contributed by atoms with Crippen LogP contribution in [0.1, 0.15) is 59.8 Å². The Balaban J connectivity index is 2.36. The fourth-order valence-corrected chi connectivity index (χ4v) is 1.96. The van der Waals surface area contributed by atoms with E-state index in [4.69, 9.17) is 9.47 Å². The van der Waals surface area contributed by atoms with E-state index in [0.717, 1.165) is 32.1 Å². The molecule has 4 nitrogen and oxygen atoms in total. The maximum absolute atomic E-state index is 11.9. The van der Waals surface area contributed by atoms with Crippen molar-refractivity contribution in [3.63, 3.8) is 0 Å². The van der Waals surface area contributed by atoms with Crippen LogP contribution in [0, 0.1) is 5.41 Å². The predicted octanol–water partition coefficient (Wildman–Crippen LogP) is 2.84. The van der Waals surface area contributed by atoms with E-state index in [1.165, 1.54) is 6.92 Å². The van der Waals surface area contributed by atoms with Gasteiger partial charge in [-0.05, 0) is 46.0 Å². The van der Waals surface area contributed by atoms with E-state index >= 15 is 0 Å². The molecule has 1 rings (SSSR count). The zero-order chi connectivity index (χ0) is 13.8. The first-order valence-corrected chi connectivity index (χ1v) is 6.73. The van der Waals surface area contributed by atoms with E-state index in [9.17, 15) is 9.59 Å². The van der Waals surface area contributed by atoms with Crippen LogP contribution in [0.5, 0.6) is 0 Å². The van der Waals surface area contributed by atoms with Gasteiger partial charge in [0.15, 0.2) is 0 Å². The number of rotatable bonds is 4. The van der Waals surface area contributed by atoms with Crippen molar-refractivity contribution in [3.8, 4) is 0 Å². The van der Waals surface area contributed by atoms with Gasteiger partial charge in [-0.2, -0.15) is 0 Å². The Morgan fingerprint density at radius 3 is 1.89 bits per heavy atom. The summed E-state index contributed by atoms with van der Waals surface area (Å²) in [6, 6.07) is 0. The van der Waals surface area contributed by atoms with Gasteiger partial charge >= 0.3 is 11.9 Å². The molecule has 1 saturated carbocycles. The van der Waals surface area contributed by atoms with Crippen molar-refractivity contribution in [2.24, 2.45) is 5.41 Å². The van der Waals surface area contributed by atoms with Crippen LogP contribution in [0.2, 0.25) is 0 Å². The first kappa shape index (κ1) is 15.0. The molecule has 0 aliphatic heterocycles. The highest BCUT2D eigenvalue weighted by atomic mass is 16.6. The molecule has 0 N–H and O–H groups in total. The van der Waals surface area contributed by atoms with Gasteiger partial charge in [-0.25, -0.2) is 0 Å². The molecule has 0 aromatic heterocycles. The molecule has 0 unspecified atom stereocenters. The Hall–Kier alpha value is -1.06. The number of hydrogen-bond donors (Lipinski definition) is 0. The molecule has 0 heterocycles. The zero-order valence-corrected chi connectivity index (χ0v) is 11.8. The molecule has 18 heavy (non-hydrogen) atoms. The maximum atomic E-state index is 11.9. The minimum absolute atomic E-state index is 0.00311. The number of ether oxygens (including phenoxy) is 2. The van der Waals surface area contributed by atoms with Crippen LogP contribution < -0.4 is 0 Å². The van der Waals surface area contributed by atoms with Crippen LogP contribution in [-0.4, -0.2) is 24.1 Å². The second-order valence-corrected chi connectivity index (χ2v) is 5.65. The molecule has 1 aliphatic carbocycles. The smallest absolute Gasteiger partial charge is 0.311 e. The number of carbonyl (C=O) groups is 2. The molecule has 0 atom stereocenters. The van der Waals surface area contributed by atoms with E-state index in [0.29, 0.717) is 0 Å². The number of carbonyl (C=O) groups excluding carboxylic acids is 2. The topological polar surface area (TPSA) is 52.6 Å². The molecule has 1 aliphatic rings. The van der Waals surface area contributed by atoms with Gasteiger partial charge in [-0.1, -0.05) is 6.92 Å². The predicted molar refractivity (Wildman–Crippen MR) is 68.0 cm³/mol. The summed E-state index contributed by atoms with van der Waals surface area (Å²) < 4.78 is 10.7. The first-order chi connectivity index (χ1) is 8.35. The summed E-state index contributed by atoms with van der Waals surface area (Å²) in [5, 5.41) is 0. The van der Waals surface area contributed by atoms with Gasteiger partial charge in [-0.3, -0.25) is 9.59 Å². The molecular formula is C14H24O4. The molecule has 1 fully saturated rings. The normalized spacial score (nSPS) is 24.4. The summed E-state index contributed by atoms with van der Waals surface area (Å²) in [6.07, 6.45) is 3.88. The van der Waals surface area contributed by atoms with Gasteiger partial charge in [0, 0.05) is 6.92 Å². The summed E-state index contributed by atoms with van der Waals surface area (Å²) in [7, 11) is 0. The Bertz CT molecular complexity index is 301. The maximum Gasteiger partial charge on any atom is 0.311 e. The molecule has 0 aromatic rings. The van der Waals surface area contributed by atoms with E-state index in [2.05, 4.69) is 0 Å². The lowest BCUT2D eigenvalue weighted by atomic mass is 9.90. The molecule has 104 valence electrons. The Morgan fingerprint density at radius 2 is 1.50 bits per heavy atom. The Labute approximate surface area is 109 Å². The third-order valence-corrected chi connectivity index (χ3v) is 3.66. The standard InChI is InChI=1S/C14H24O4/c1-5-14(3,4)13(16)18-12-8-6-11(7-9-12)17-10(2)15/h11-12H,5-9H2,1-4H3. The highest BCUT2D eigenvalue weighted by Crippen LogP contribution is 2.28. The molecule has 0 radical (unpaired) electrons. The summed E-state index contributed by atoms with van der Waals surface area (Å²) in [6.45, 7) is 7.22. The van der Waals surface area contributed by atoms with Crippen LogP contribution >= 0.6 is 0 Å². The van der Waals surface area contributed by atoms with Crippen LogP contribution in [-0.2, 0) is 19.1 Å². The monoisotopic (exact) mass is 256 g/mol. The summed E-state index contributed by atoms with van der Waals surface area (Å²) in [4.78, 5) is 22.7. The average Bonchev–Trinajstić information content (AvgIpc) is 2.31. The third-order valence-electron chi connectivity index (χ3n) is 3.66. The van der Waals surface area contributed by atoms with E-state index in [-0.39, 0.29) is 24.1 Å². The summed E-state index contributed by atoms with van der Waals surface area (Å²) >= 11 is 0. The van der Waals surface area contributed by atoms with E-state index in [1.54, 1.807) is 0 Å². The van der Waals surface area contributed by atoms with Gasteiger partial charge in [0.05, 0.1) is 5.41 Å². The molecule has 0 bridgehead atoms. The van der Waals surface area contributed by atoms with Crippen molar-refractivity contribution in [2.45, 2.75) is 72.0 Å². The molecular weight excluding hydrogens is 232 g/mol. The first-order valence-electron chi connectivity index (χ1n) is 6.73. The second kappa shape index (κ2) is 6.21. The van der Waals surface area contributed by atoms with Crippen molar-refractivity contribution in [1.29, 1.82) is 0 Å². The van der Waals surface area contributed by atoms with Crippen molar-refractivity contribution in [1.82, 2.24) is 0 Å². The van der Waals surface area contributed by atoms with E-state index < -0.39 is 5.41 Å². The highest BCUT2D eigenvalue weighted by Gasteiger charge is 2.31. The van der Waals surface area contributed by atoms with Gasteiger partial charge in [-0.15, -0.1) is 0 Å². The third kappa shape index (κ3) is 4.31. The summed E-state index contributed by atoms with van der Waals surface area (Å²) in [5.74, 6) is -0.358. The average molecular weight is 256 g/mol. The fraction of sp³-hybridized carbons (Fsp3) is 0.857. The molecule has 0 saturated heterocycles. The van der Waals surface area contributed by atoms with Crippen molar-refractivity contribution in [3.05, 3.63) is 0 Å². The van der Waals surface area contributed by atoms with Gasteiger partial charge in [0.2, 0.25) is 0 Å². The van der Waals surface area contributed by atoms with Crippen LogP contribution in [0.25, 0.3) is 0 Å². The summed E-state index contributed by atoms with van der Waals surface area (Å²) in [5.41, 5.74) is -0.410. The van der Waals surface area contributed by atoms with Crippen LogP contribution in [0.15, 0.2) is 0 Å². The largest absolute Gasteiger partial charge is 0.463 e. The van der Waals surface area contributed by atoms with Crippen LogP contribution in [0.4, 0.5) is 0 Å². The number of hydrogen-bond acceptors (Lipinski definition) is 4. The minimum Gasteiger partial charge on any atom is -0.463 e. The van der Waals surface area contributed by atoms with Crippen LogP contribution in [0.3, 0.4) is 0 Å². The molecule has 0 spiro atoms. The Morgan fingerprint density at radius 1 is 1.06 bits per heavy atom. The SMILES string of the molecule is CCC(C)(C)C(=O)OC1CCC(OC(C)=O)CC1. The van der Waals surface area contributed by atoms with E-state index in [1.807, 2.05) is 20.8 Å². The molecule has 0 aromatic carbocycles. The lowest BCUT2D eigenvalue weighted by molar-refractivity contribution is -0.164. The van der Waals surface area contributed by atoms with Crippen molar-refractivity contribution < 1.29 is 19.1 Å². The van der Waals surface area contributed by atoms with Crippen molar-refractivity contribution in [2.75, 3.05) is 0 Å². The fourth-order valence-electron chi connectivity index (χ4n) is 1.96. The Kier molecular flexibility index (Phi) is 5.17. The molecule has 0 amide bonds. The van der Waals surface area contributed by atoms with Gasteiger partial charge in [0.1, 0.15) is 12.2 Å². The quantitative estimate of drug-likeness (QED) is 0.726. The van der Waals surface area contributed by atoms with Gasteiger partial charge < -0.3 is 9.47 Å². The molecule has 4 heteroatoms. The lowest BCUT2D eigenvalue weighted by Crippen LogP contribution is -2.34. The highest BCUT2D eigenvalue weighted by molar-refractivity contribution is 5.76. The second-order valence-electron chi connectivity index (χ2n) is 5.65. The minimum atomic E-state index is -0.410. The lowest BCUT2D eigenvalue weighted by Gasteiger charge is -2.30. The number of esters is 2. The zero-order valence-electron chi connectivity index (χ0n) is 11.8.